The van der Waals surface area contributed by atoms with Gasteiger partial charge in [0.15, 0.2) is 0 Å². The second-order valence-electron chi connectivity index (χ2n) is 5.42. The summed E-state index contributed by atoms with van der Waals surface area (Å²) in [5.74, 6) is -0.948. The molecule has 110 valence electrons. The molecule has 1 aromatic rings. The van der Waals surface area contributed by atoms with Gasteiger partial charge in [0.25, 0.3) is 5.91 Å². The smallest absolute Gasteiger partial charge is 0.305 e. The number of nitrogens with zero attached hydrogens (tertiary/aromatic N) is 2. The van der Waals surface area contributed by atoms with Crippen molar-refractivity contribution in [2.75, 3.05) is 6.54 Å². The lowest BCUT2D eigenvalue weighted by Gasteiger charge is -2.32. The van der Waals surface area contributed by atoms with Crippen LogP contribution in [0, 0.1) is 0 Å². The average molecular weight is 278 g/mol. The zero-order chi connectivity index (χ0) is 14.7. The van der Waals surface area contributed by atoms with Gasteiger partial charge in [0, 0.05) is 24.8 Å². The van der Waals surface area contributed by atoms with E-state index in [2.05, 4.69) is 0 Å². The Bertz CT molecular complexity index is 491. The maximum atomic E-state index is 12.6. The molecule has 1 saturated carbocycles. The highest BCUT2D eigenvalue weighted by molar-refractivity contribution is 5.93. The van der Waals surface area contributed by atoms with Crippen LogP contribution >= 0.6 is 0 Å². The Morgan fingerprint density at radius 3 is 2.70 bits per heavy atom. The third-order valence-electron chi connectivity index (χ3n) is 4.07. The van der Waals surface area contributed by atoms with Gasteiger partial charge in [0.05, 0.1) is 6.42 Å². The normalized spacial score (nSPS) is 16.5. The fourth-order valence-electron chi connectivity index (χ4n) is 2.72. The molecule has 5 nitrogen and oxygen atoms in total. The van der Waals surface area contributed by atoms with Crippen molar-refractivity contribution in [2.24, 2.45) is 0 Å². The molecular formula is C15H22N2O3. The molecule has 1 heterocycles. The summed E-state index contributed by atoms with van der Waals surface area (Å²) in [5, 5.41) is 8.89. The van der Waals surface area contributed by atoms with Crippen molar-refractivity contribution < 1.29 is 14.7 Å². The molecule has 0 aromatic carbocycles. The van der Waals surface area contributed by atoms with Gasteiger partial charge in [-0.3, -0.25) is 9.59 Å². The van der Waals surface area contributed by atoms with Crippen LogP contribution in [0.4, 0.5) is 0 Å². The van der Waals surface area contributed by atoms with E-state index in [1.165, 1.54) is 6.42 Å². The van der Waals surface area contributed by atoms with Crippen molar-refractivity contribution >= 4 is 11.9 Å². The first-order chi connectivity index (χ1) is 9.54. The van der Waals surface area contributed by atoms with Gasteiger partial charge in [0.1, 0.15) is 5.69 Å². The van der Waals surface area contributed by atoms with Crippen LogP contribution in [0.5, 0.6) is 0 Å². The van der Waals surface area contributed by atoms with Crippen LogP contribution < -0.4 is 0 Å². The lowest BCUT2D eigenvalue weighted by Crippen LogP contribution is -2.41. The largest absolute Gasteiger partial charge is 0.481 e. The fourth-order valence-corrected chi connectivity index (χ4v) is 2.72. The zero-order valence-electron chi connectivity index (χ0n) is 12.1. The molecule has 1 aliphatic rings. The maximum Gasteiger partial charge on any atom is 0.305 e. The minimum atomic E-state index is -0.877. The van der Waals surface area contributed by atoms with E-state index in [4.69, 9.17) is 5.11 Å². The van der Waals surface area contributed by atoms with E-state index in [0.29, 0.717) is 18.3 Å². The first-order valence-corrected chi connectivity index (χ1v) is 7.24. The summed E-state index contributed by atoms with van der Waals surface area (Å²) >= 11 is 0. The van der Waals surface area contributed by atoms with Crippen LogP contribution in [0.15, 0.2) is 18.3 Å². The molecule has 0 radical (unpaired) electrons. The number of aliphatic carboxylic acids is 1. The van der Waals surface area contributed by atoms with Crippen LogP contribution in [-0.4, -0.2) is 39.0 Å². The van der Waals surface area contributed by atoms with Crippen molar-refractivity contribution in [3.8, 4) is 0 Å². The minimum Gasteiger partial charge on any atom is -0.481 e. The predicted molar refractivity (Wildman–Crippen MR) is 75.7 cm³/mol. The summed E-state index contributed by atoms with van der Waals surface area (Å²) in [6.45, 7) is 4.18. The van der Waals surface area contributed by atoms with Gasteiger partial charge in [-0.2, -0.15) is 0 Å². The summed E-state index contributed by atoms with van der Waals surface area (Å²) in [7, 11) is 0. The molecule has 20 heavy (non-hydrogen) atoms. The number of rotatable bonds is 6. The third kappa shape index (κ3) is 2.86. The molecule has 2 rings (SSSR count). The molecule has 0 aliphatic heterocycles. The highest BCUT2D eigenvalue weighted by atomic mass is 16.4. The monoisotopic (exact) mass is 278 g/mol. The Morgan fingerprint density at radius 1 is 1.50 bits per heavy atom. The summed E-state index contributed by atoms with van der Waals surface area (Å²) in [6, 6.07) is 3.85. The van der Waals surface area contributed by atoms with Crippen molar-refractivity contribution in [1.29, 1.82) is 0 Å². The van der Waals surface area contributed by atoms with E-state index in [0.717, 1.165) is 12.8 Å². The van der Waals surface area contributed by atoms with Crippen molar-refractivity contribution in [3.63, 3.8) is 0 Å². The fraction of sp³-hybridized carbons (Fsp3) is 0.600. The molecule has 0 spiro atoms. The highest BCUT2D eigenvalue weighted by Crippen LogP contribution is 2.33. The lowest BCUT2D eigenvalue weighted by atomic mass is 9.93. The van der Waals surface area contributed by atoms with Gasteiger partial charge in [-0.1, -0.05) is 0 Å². The van der Waals surface area contributed by atoms with Crippen LogP contribution in [-0.2, 0) is 4.79 Å². The number of aromatic nitrogens is 1. The van der Waals surface area contributed by atoms with Crippen LogP contribution in [0.1, 0.15) is 56.1 Å². The van der Waals surface area contributed by atoms with Crippen molar-refractivity contribution in [3.05, 3.63) is 24.0 Å². The summed E-state index contributed by atoms with van der Waals surface area (Å²) in [4.78, 5) is 25.1. The predicted octanol–water partition coefficient (Wildman–Crippen LogP) is 2.54. The third-order valence-corrected chi connectivity index (χ3v) is 4.07. The molecule has 1 unspecified atom stereocenters. The Morgan fingerprint density at radius 2 is 2.20 bits per heavy atom. The van der Waals surface area contributed by atoms with Gasteiger partial charge < -0.3 is 14.6 Å². The maximum absolute atomic E-state index is 12.6. The number of amides is 1. The highest BCUT2D eigenvalue weighted by Gasteiger charge is 2.27. The van der Waals surface area contributed by atoms with E-state index in [1.807, 2.05) is 29.8 Å². The molecule has 0 bridgehead atoms. The number of carbonyl (C=O) groups excluding carboxylic acids is 1. The minimum absolute atomic E-state index is 0.0241. The molecule has 0 saturated heterocycles. The molecule has 1 amide bonds. The molecule has 1 fully saturated rings. The molecule has 1 N–H and O–H groups in total. The Kier molecular flexibility index (Phi) is 4.47. The van der Waals surface area contributed by atoms with Gasteiger partial charge in [-0.15, -0.1) is 0 Å². The van der Waals surface area contributed by atoms with Crippen LogP contribution in [0.2, 0.25) is 0 Å². The Balaban J connectivity index is 2.15. The lowest BCUT2D eigenvalue weighted by molar-refractivity contribution is -0.138. The average Bonchev–Trinajstić information content (AvgIpc) is 2.75. The van der Waals surface area contributed by atoms with Gasteiger partial charge >= 0.3 is 5.97 Å². The van der Waals surface area contributed by atoms with E-state index in [-0.39, 0.29) is 18.4 Å². The number of carboxylic acids is 1. The molecule has 1 aromatic heterocycles. The first-order valence-electron chi connectivity index (χ1n) is 7.24. The second-order valence-corrected chi connectivity index (χ2v) is 5.42. The molecule has 5 heteroatoms. The van der Waals surface area contributed by atoms with E-state index >= 15 is 0 Å². The summed E-state index contributed by atoms with van der Waals surface area (Å²) in [6.07, 6.45) is 5.37. The molecular weight excluding hydrogens is 256 g/mol. The Labute approximate surface area is 119 Å². The number of carboxylic acid groups (broad SMARTS) is 1. The standard InChI is InChI=1S/C15H22N2O3/c1-3-16(11(2)10-14(18)19)15(20)13-8-5-9-17(13)12-6-4-7-12/h5,8-9,11-12H,3-4,6-7,10H2,1-2H3,(H,18,19). The van der Waals surface area contributed by atoms with Gasteiger partial charge in [-0.05, 0) is 45.2 Å². The zero-order valence-corrected chi connectivity index (χ0v) is 12.1. The van der Waals surface area contributed by atoms with Crippen molar-refractivity contribution in [1.82, 2.24) is 9.47 Å². The van der Waals surface area contributed by atoms with Crippen LogP contribution in [0.3, 0.4) is 0 Å². The topological polar surface area (TPSA) is 62.5 Å². The Hall–Kier alpha value is -1.78. The van der Waals surface area contributed by atoms with Crippen LogP contribution in [0.25, 0.3) is 0 Å². The first kappa shape index (κ1) is 14.6. The van der Waals surface area contributed by atoms with E-state index in [1.54, 1.807) is 11.8 Å². The number of hydrogen-bond donors (Lipinski definition) is 1. The molecule has 1 aliphatic carbocycles. The van der Waals surface area contributed by atoms with E-state index in [9.17, 15) is 9.59 Å². The SMILES string of the molecule is CCN(C(=O)c1cccn1C1CCC1)C(C)CC(=O)O. The van der Waals surface area contributed by atoms with E-state index < -0.39 is 5.97 Å². The number of hydrogen-bond acceptors (Lipinski definition) is 2. The van der Waals surface area contributed by atoms with Crippen molar-refractivity contribution in [2.45, 2.75) is 51.6 Å². The second kappa shape index (κ2) is 6.11. The van der Waals surface area contributed by atoms with Gasteiger partial charge in [-0.25, -0.2) is 0 Å². The van der Waals surface area contributed by atoms with Gasteiger partial charge in [0.2, 0.25) is 0 Å². The summed E-state index contributed by atoms with van der Waals surface area (Å²) in [5.41, 5.74) is 0.675. The summed E-state index contributed by atoms with van der Waals surface area (Å²) < 4.78 is 2.04. The molecule has 1 atom stereocenters. The quantitative estimate of drug-likeness (QED) is 0.869. The number of carbonyl (C=O) groups is 2.